The van der Waals surface area contributed by atoms with Crippen molar-refractivity contribution in [3.8, 4) is 5.75 Å². The average Bonchev–Trinajstić information content (AvgIpc) is 2.47. The van der Waals surface area contributed by atoms with Crippen molar-refractivity contribution in [1.82, 2.24) is 4.90 Å². The van der Waals surface area contributed by atoms with E-state index in [1.54, 1.807) is 6.07 Å². The van der Waals surface area contributed by atoms with Gasteiger partial charge in [0.05, 0.1) is 6.61 Å². The highest BCUT2D eigenvalue weighted by Gasteiger charge is 2.38. The normalized spacial score (nSPS) is 25.2. The number of benzene rings is 1. The number of aliphatic hydroxyl groups is 1. The molecule has 1 fully saturated rings. The standard InChI is InChI=1S/C18H25NO3/c1-11(2)5-13-9-19-4-3-12-6-14(10-20)17(21)7-15(12)16(19)8-18(13)22/h6-7,11,13,16,20-21H,3-5,8-10H2,1-2H3/t13-,16?/m0/s1. The van der Waals surface area contributed by atoms with Crippen LogP contribution >= 0.6 is 0 Å². The van der Waals surface area contributed by atoms with Gasteiger partial charge in [-0.25, -0.2) is 0 Å². The molecule has 4 nitrogen and oxygen atoms in total. The molecule has 3 rings (SSSR count). The Balaban J connectivity index is 1.87. The van der Waals surface area contributed by atoms with Crippen molar-refractivity contribution < 1.29 is 15.0 Å². The van der Waals surface area contributed by atoms with Crippen LogP contribution in [0.15, 0.2) is 12.1 Å². The minimum absolute atomic E-state index is 0.0957. The summed E-state index contributed by atoms with van der Waals surface area (Å²) in [6.45, 7) is 5.97. The number of hydrogen-bond acceptors (Lipinski definition) is 4. The van der Waals surface area contributed by atoms with Gasteiger partial charge in [0.15, 0.2) is 0 Å². The molecule has 2 heterocycles. The van der Waals surface area contributed by atoms with Gasteiger partial charge in [0.25, 0.3) is 0 Å². The Kier molecular flexibility index (Phi) is 4.24. The number of aliphatic hydroxyl groups excluding tert-OH is 1. The van der Waals surface area contributed by atoms with Crippen molar-refractivity contribution >= 4 is 5.78 Å². The number of carbonyl (C=O) groups is 1. The highest BCUT2D eigenvalue weighted by molar-refractivity contribution is 5.83. The molecule has 120 valence electrons. The molecule has 2 atom stereocenters. The molecular formula is C18H25NO3. The number of rotatable bonds is 3. The summed E-state index contributed by atoms with van der Waals surface area (Å²) in [6.07, 6.45) is 2.42. The Bertz CT molecular complexity index is 582. The summed E-state index contributed by atoms with van der Waals surface area (Å²) in [5, 5.41) is 19.3. The molecule has 2 N–H and O–H groups in total. The first-order chi connectivity index (χ1) is 10.5. The highest BCUT2D eigenvalue weighted by atomic mass is 16.3. The van der Waals surface area contributed by atoms with E-state index in [9.17, 15) is 15.0 Å². The van der Waals surface area contributed by atoms with Crippen molar-refractivity contribution in [2.45, 2.75) is 45.8 Å². The number of ketones is 1. The number of hydrogen-bond donors (Lipinski definition) is 2. The third kappa shape index (κ3) is 2.77. The first-order valence-electron chi connectivity index (χ1n) is 8.22. The predicted octanol–water partition coefficient (Wildman–Crippen LogP) is 2.42. The second-order valence-electron chi connectivity index (χ2n) is 7.10. The molecule has 22 heavy (non-hydrogen) atoms. The number of fused-ring (bicyclic) bond motifs is 3. The fourth-order valence-corrected chi connectivity index (χ4v) is 3.94. The van der Waals surface area contributed by atoms with Gasteiger partial charge in [-0.3, -0.25) is 9.69 Å². The van der Waals surface area contributed by atoms with Crippen molar-refractivity contribution in [2.24, 2.45) is 11.8 Å². The van der Waals surface area contributed by atoms with Crippen LogP contribution < -0.4 is 0 Å². The van der Waals surface area contributed by atoms with Gasteiger partial charge in [0.2, 0.25) is 0 Å². The Hall–Kier alpha value is -1.39. The third-order valence-electron chi connectivity index (χ3n) is 5.04. The molecule has 0 aromatic heterocycles. The van der Waals surface area contributed by atoms with Crippen LogP contribution in [0.1, 0.15) is 49.4 Å². The summed E-state index contributed by atoms with van der Waals surface area (Å²) in [4.78, 5) is 14.9. The van der Waals surface area contributed by atoms with Gasteiger partial charge < -0.3 is 10.2 Å². The lowest BCUT2D eigenvalue weighted by Crippen LogP contribution is -2.46. The largest absolute Gasteiger partial charge is 0.508 e. The van der Waals surface area contributed by atoms with E-state index in [1.807, 2.05) is 6.07 Å². The van der Waals surface area contributed by atoms with E-state index in [0.717, 1.165) is 31.5 Å². The molecule has 4 heteroatoms. The topological polar surface area (TPSA) is 60.8 Å². The lowest BCUT2D eigenvalue weighted by Gasteiger charge is -2.43. The van der Waals surface area contributed by atoms with E-state index < -0.39 is 0 Å². The van der Waals surface area contributed by atoms with Crippen LogP contribution in [0, 0.1) is 11.8 Å². The predicted molar refractivity (Wildman–Crippen MR) is 84.6 cm³/mol. The third-order valence-corrected chi connectivity index (χ3v) is 5.04. The maximum absolute atomic E-state index is 12.5. The fraction of sp³-hybridized carbons (Fsp3) is 0.611. The fourth-order valence-electron chi connectivity index (χ4n) is 3.94. The van der Waals surface area contributed by atoms with Gasteiger partial charge in [-0.05, 0) is 42.0 Å². The van der Waals surface area contributed by atoms with E-state index in [0.29, 0.717) is 23.7 Å². The van der Waals surface area contributed by atoms with E-state index in [4.69, 9.17) is 0 Å². The summed E-state index contributed by atoms with van der Waals surface area (Å²) in [6, 6.07) is 3.75. The van der Waals surface area contributed by atoms with Gasteiger partial charge in [-0.15, -0.1) is 0 Å². The lowest BCUT2D eigenvalue weighted by atomic mass is 9.80. The van der Waals surface area contributed by atoms with Crippen LogP contribution in [-0.4, -0.2) is 34.0 Å². The van der Waals surface area contributed by atoms with E-state index in [-0.39, 0.29) is 24.3 Å². The summed E-state index contributed by atoms with van der Waals surface area (Å²) >= 11 is 0. The smallest absolute Gasteiger partial charge is 0.139 e. The van der Waals surface area contributed by atoms with Crippen LogP contribution in [0.25, 0.3) is 0 Å². The highest BCUT2D eigenvalue weighted by Crippen LogP contribution is 2.40. The summed E-state index contributed by atoms with van der Waals surface area (Å²) in [5.41, 5.74) is 2.81. The van der Waals surface area contributed by atoms with Gasteiger partial charge in [-0.1, -0.05) is 13.8 Å². The Morgan fingerprint density at radius 1 is 1.36 bits per heavy atom. The summed E-state index contributed by atoms with van der Waals surface area (Å²) in [5.74, 6) is 1.19. The monoisotopic (exact) mass is 303 g/mol. The molecule has 0 amide bonds. The lowest BCUT2D eigenvalue weighted by molar-refractivity contribution is -0.129. The van der Waals surface area contributed by atoms with Crippen molar-refractivity contribution in [1.29, 1.82) is 0 Å². The second kappa shape index (κ2) is 6.01. The molecular weight excluding hydrogens is 278 g/mol. The van der Waals surface area contributed by atoms with Crippen LogP contribution in [0.3, 0.4) is 0 Å². The zero-order chi connectivity index (χ0) is 15.9. The second-order valence-corrected chi connectivity index (χ2v) is 7.10. The van der Waals surface area contributed by atoms with Crippen molar-refractivity contribution in [3.05, 3.63) is 28.8 Å². The molecule has 1 saturated heterocycles. The molecule has 0 radical (unpaired) electrons. The van der Waals surface area contributed by atoms with Crippen molar-refractivity contribution in [2.75, 3.05) is 13.1 Å². The van der Waals surface area contributed by atoms with Gasteiger partial charge in [-0.2, -0.15) is 0 Å². The molecule has 0 bridgehead atoms. The first-order valence-corrected chi connectivity index (χ1v) is 8.22. The Morgan fingerprint density at radius 2 is 2.14 bits per heavy atom. The maximum Gasteiger partial charge on any atom is 0.139 e. The zero-order valence-corrected chi connectivity index (χ0v) is 13.4. The van der Waals surface area contributed by atoms with Crippen LogP contribution in [0.2, 0.25) is 0 Å². The number of aromatic hydroxyl groups is 1. The average molecular weight is 303 g/mol. The zero-order valence-electron chi connectivity index (χ0n) is 13.4. The van der Waals surface area contributed by atoms with Crippen LogP contribution in [0.5, 0.6) is 5.75 Å². The molecule has 0 spiro atoms. The van der Waals surface area contributed by atoms with E-state index in [1.165, 1.54) is 5.56 Å². The van der Waals surface area contributed by atoms with Crippen LogP contribution in [0.4, 0.5) is 0 Å². The number of carbonyl (C=O) groups excluding carboxylic acids is 1. The first kappa shape index (κ1) is 15.5. The number of phenols is 1. The summed E-state index contributed by atoms with van der Waals surface area (Å²) in [7, 11) is 0. The quantitative estimate of drug-likeness (QED) is 0.900. The van der Waals surface area contributed by atoms with Crippen LogP contribution in [-0.2, 0) is 17.8 Å². The summed E-state index contributed by atoms with van der Waals surface area (Å²) < 4.78 is 0. The number of Topliss-reactive ketones (excluding diaryl/α,β-unsaturated/α-hetero) is 1. The van der Waals surface area contributed by atoms with Gasteiger partial charge in [0, 0.05) is 37.0 Å². The minimum atomic E-state index is -0.150. The number of piperidine rings is 1. The minimum Gasteiger partial charge on any atom is -0.508 e. The van der Waals surface area contributed by atoms with Gasteiger partial charge >= 0.3 is 0 Å². The van der Waals surface area contributed by atoms with Crippen molar-refractivity contribution in [3.63, 3.8) is 0 Å². The van der Waals surface area contributed by atoms with E-state index >= 15 is 0 Å². The molecule has 1 aromatic carbocycles. The molecule has 1 unspecified atom stereocenters. The SMILES string of the molecule is CC(C)C[C@H]1CN2CCc3cc(CO)c(O)cc3C2CC1=O. The maximum atomic E-state index is 12.5. The molecule has 2 aliphatic rings. The van der Waals surface area contributed by atoms with E-state index in [2.05, 4.69) is 18.7 Å². The molecule has 2 aliphatic heterocycles. The number of nitrogens with zero attached hydrogens (tertiary/aromatic N) is 1. The Labute approximate surface area is 131 Å². The Morgan fingerprint density at radius 3 is 2.82 bits per heavy atom. The van der Waals surface area contributed by atoms with Gasteiger partial charge in [0.1, 0.15) is 11.5 Å². The molecule has 1 aromatic rings. The molecule has 0 saturated carbocycles. The molecule has 0 aliphatic carbocycles.